The Morgan fingerprint density at radius 2 is 1.50 bits per heavy atom. The lowest BCUT2D eigenvalue weighted by molar-refractivity contribution is 0.390. The first kappa shape index (κ1) is 17.3. The fraction of sp³-hybridized carbons (Fsp3) is 0.400. The molecule has 3 rings (SSSR count). The van der Waals surface area contributed by atoms with Crippen molar-refractivity contribution >= 4 is 12.9 Å². The van der Waals surface area contributed by atoms with E-state index in [1.54, 1.807) is 0 Å². The van der Waals surface area contributed by atoms with Crippen molar-refractivity contribution in [2.24, 2.45) is 0 Å². The first-order chi connectivity index (χ1) is 11.6. The Hall–Kier alpha value is -1.57. The van der Waals surface area contributed by atoms with Crippen molar-refractivity contribution in [2.45, 2.75) is 52.4 Å². The number of para-hydroxylation sites is 1. The lowest BCUT2D eigenvalue weighted by Gasteiger charge is -2.28. The lowest BCUT2D eigenvalue weighted by atomic mass is 9.96. The molecule has 1 heterocycles. The van der Waals surface area contributed by atoms with E-state index in [1.165, 1.54) is 0 Å². The smallest absolute Gasteiger partial charge is 0.409 e. The predicted octanol–water partition coefficient (Wildman–Crippen LogP) is 5.24. The van der Waals surface area contributed by atoms with E-state index < -0.39 is 7.60 Å². The Kier molecular flexibility index (Phi) is 5.12. The first-order valence-electron chi connectivity index (χ1n) is 8.85. The van der Waals surface area contributed by atoms with Gasteiger partial charge in [-0.05, 0) is 36.8 Å². The predicted molar refractivity (Wildman–Crippen MR) is 99.2 cm³/mol. The van der Waals surface area contributed by atoms with Crippen LogP contribution in [0.1, 0.15) is 50.7 Å². The molecular formula is C20H25O3P. The van der Waals surface area contributed by atoms with Gasteiger partial charge in [0.2, 0.25) is 0 Å². The van der Waals surface area contributed by atoms with E-state index in [2.05, 4.69) is 13.8 Å². The summed E-state index contributed by atoms with van der Waals surface area (Å²) in [5.74, 6) is 0.594. The molecule has 0 saturated heterocycles. The van der Waals surface area contributed by atoms with Crippen molar-refractivity contribution < 1.29 is 14.0 Å². The molecule has 0 saturated carbocycles. The van der Waals surface area contributed by atoms with Gasteiger partial charge in [0, 0.05) is 11.1 Å². The van der Waals surface area contributed by atoms with Gasteiger partial charge in [0.1, 0.15) is 5.75 Å². The number of fused-ring (bicyclic) bond motifs is 3. The van der Waals surface area contributed by atoms with Crippen molar-refractivity contribution in [1.82, 2.24) is 0 Å². The van der Waals surface area contributed by atoms with E-state index in [1.807, 2.05) is 36.4 Å². The second-order valence-electron chi connectivity index (χ2n) is 6.43. The van der Waals surface area contributed by atoms with Crippen LogP contribution in [0.4, 0.5) is 0 Å². The van der Waals surface area contributed by atoms with Gasteiger partial charge < -0.3 is 9.42 Å². The Balaban J connectivity index is 2.15. The zero-order valence-corrected chi connectivity index (χ0v) is 15.3. The molecule has 0 spiro atoms. The van der Waals surface area contributed by atoms with E-state index in [9.17, 15) is 9.46 Å². The maximum absolute atomic E-state index is 13.0. The Labute approximate surface area is 144 Å². The molecule has 3 nitrogen and oxygen atoms in total. The number of benzene rings is 2. The SMILES string of the molecule is CCCCc1cccc2c1OP(=O)(O)c1c(CCCC)cccc1-2. The van der Waals surface area contributed by atoms with Crippen molar-refractivity contribution in [3.63, 3.8) is 0 Å². The van der Waals surface area contributed by atoms with Crippen LogP contribution >= 0.6 is 7.60 Å². The Morgan fingerprint density at radius 3 is 2.17 bits per heavy atom. The average Bonchev–Trinajstić information content (AvgIpc) is 2.57. The molecule has 0 amide bonds. The Bertz CT molecular complexity index is 782. The van der Waals surface area contributed by atoms with Gasteiger partial charge in [0.15, 0.2) is 0 Å². The van der Waals surface area contributed by atoms with Crippen molar-refractivity contribution in [1.29, 1.82) is 0 Å². The zero-order chi connectivity index (χ0) is 17.2. The van der Waals surface area contributed by atoms with E-state index in [-0.39, 0.29) is 0 Å². The lowest BCUT2D eigenvalue weighted by Crippen LogP contribution is -2.22. The van der Waals surface area contributed by atoms with Gasteiger partial charge in [0.25, 0.3) is 0 Å². The summed E-state index contributed by atoms with van der Waals surface area (Å²) < 4.78 is 18.7. The minimum absolute atomic E-state index is 0.499. The van der Waals surface area contributed by atoms with Crippen molar-refractivity contribution in [3.05, 3.63) is 47.5 Å². The highest BCUT2D eigenvalue weighted by Gasteiger charge is 2.37. The molecule has 1 atom stereocenters. The van der Waals surface area contributed by atoms with Crippen LogP contribution in [0.5, 0.6) is 5.75 Å². The summed E-state index contributed by atoms with van der Waals surface area (Å²) in [7, 11) is -3.85. The second-order valence-corrected chi connectivity index (χ2v) is 8.10. The van der Waals surface area contributed by atoms with E-state index >= 15 is 0 Å². The van der Waals surface area contributed by atoms with Crippen LogP contribution < -0.4 is 9.83 Å². The third-order valence-electron chi connectivity index (χ3n) is 4.60. The van der Waals surface area contributed by atoms with Crippen LogP contribution in [0.15, 0.2) is 36.4 Å². The first-order valence-corrected chi connectivity index (χ1v) is 10.4. The molecule has 2 aromatic carbocycles. The van der Waals surface area contributed by atoms with Crippen LogP contribution in [-0.2, 0) is 17.4 Å². The second kappa shape index (κ2) is 7.13. The number of unbranched alkanes of at least 4 members (excludes halogenated alkanes) is 2. The fourth-order valence-electron chi connectivity index (χ4n) is 3.35. The average molecular weight is 344 g/mol. The minimum atomic E-state index is -3.85. The summed E-state index contributed by atoms with van der Waals surface area (Å²) >= 11 is 0. The maximum Gasteiger partial charge on any atom is 0.409 e. The standard InChI is InChI=1S/C20H25O3P/c1-3-5-9-15-11-7-13-17-18-14-8-12-16(10-6-4-2)20(18)24(21,22)23-19(15)17/h7-8,11-14H,3-6,9-10H2,1-2H3,(H,21,22). The highest BCUT2D eigenvalue weighted by molar-refractivity contribution is 7.62. The van der Waals surface area contributed by atoms with Gasteiger partial charge in [-0.1, -0.05) is 63.1 Å². The summed E-state index contributed by atoms with van der Waals surface area (Å²) in [5, 5.41) is 0.499. The molecule has 128 valence electrons. The third kappa shape index (κ3) is 3.16. The normalized spacial score (nSPS) is 18.6. The molecule has 2 aromatic rings. The van der Waals surface area contributed by atoms with Gasteiger partial charge >= 0.3 is 7.60 Å². The van der Waals surface area contributed by atoms with Crippen LogP contribution in [-0.4, -0.2) is 4.89 Å². The molecular weight excluding hydrogens is 319 g/mol. The number of hydrogen-bond acceptors (Lipinski definition) is 2. The van der Waals surface area contributed by atoms with Crippen molar-refractivity contribution in [3.8, 4) is 16.9 Å². The molecule has 0 aromatic heterocycles. The molecule has 1 aliphatic rings. The van der Waals surface area contributed by atoms with Gasteiger partial charge in [0.05, 0.1) is 5.30 Å². The van der Waals surface area contributed by atoms with E-state index in [4.69, 9.17) is 4.52 Å². The van der Waals surface area contributed by atoms with Gasteiger partial charge in [-0.3, -0.25) is 0 Å². The molecule has 1 unspecified atom stereocenters. The molecule has 4 heteroatoms. The molecule has 24 heavy (non-hydrogen) atoms. The summed E-state index contributed by atoms with van der Waals surface area (Å²) in [6.07, 6.45) is 5.85. The van der Waals surface area contributed by atoms with E-state index in [0.29, 0.717) is 11.1 Å². The van der Waals surface area contributed by atoms with Crippen LogP contribution in [0.2, 0.25) is 0 Å². The largest absolute Gasteiger partial charge is 0.420 e. The van der Waals surface area contributed by atoms with Crippen LogP contribution in [0.3, 0.4) is 0 Å². The molecule has 0 radical (unpaired) electrons. The highest BCUT2D eigenvalue weighted by atomic mass is 31.2. The van der Waals surface area contributed by atoms with Crippen LogP contribution in [0.25, 0.3) is 11.1 Å². The molecule has 1 aliphatic heterocycles. The van der Waals surface area contributed by atoms with Gasteiger partial charge in [-0.15, -0.1) is 0 Å². The molecule has 0 fully saturated rings. The fourth-order valence-corrected chi connectivity index (χ4v) is 4.95. The highest BCUT2D eigenvalue weighted by Crippen LogP contribution is 2.53. The van der Waals surface area contributed by atoms with E-state index in [0.717, 1.165) is 60.8 Å². The van der Waals surface area contributed by atoms with Crippen LogP contribution in [0, 0.1) is 0 Å². The number of rotatable bonds is 6. The third-order valence-corrected chi connectivity index (χ3v) is 6.13. The summed E-state index contributed by atoms with van der Waals surface area (Å²) in [5.41, 5.74) is 3.75. The molecule has 0 aliphatic carbocycles. The summed E-state index contributed by atoms with van der Waals surface area (Å²) in [6, 6.07) is 11.9. The topological polar surface area (TPSA) is 46.5 Å². The zero-order valence-electron chi connectivity index (χ0n) is 14.4. The monoisotopic (exact) mass is 344 g/mol. The van der Waals surface area contributed by atoms with Gasteiger partial charge in [-0.2, -0.15) is 0 Å². The summed E-state index contributed by atoms with van der Waals surface area (Å²) in [6.45, 7) is 4.27. The Morgan fingerprint density at radius 1 is 0.917 bits per heavy atom. The number of aryl methyl sites for hydroxylation is 2. The molecule has 1 N–H and O–H groups in total. The van der Waals surface area contributed by atoms with Crippen molar-refractivity contribution in [2.75, 3.05) is 0 Å². The molecule has 0 bridgehead atoms. The summed E-state index contributed by atoms with van der Waals surface area (Å²) in [4.78, 5) is 10.6. The van der Waals surface area contributed by atoms with Gasteiger partial charge in [-0.25, -0.2) is 4.57 Å². The minimum Gasteiger partial charge on any atom is -0.420 e. The number of hydrogen-bond donors (Lipinski definition) is 1. The maximum atomic E-state index is 13.0. The quantitative estimate of drug-likeness (QED) is 0.729.